The molecule has 3 aromatic carbocycles. The van der Waals surface area contributed by atoms with E-state index in [9.17, 15) is 4.79 Å². The maximum Gasteiger partial charge on any atom is 0.249 e. The van der Waals surface area contributed by atoms with E-state index in [4.69, 9.17) is 10.5 Å². The summed E-state index contributed by atoms with van der Waals surface area (Å²) in [5, 5.41) is 1.76. The average molecular weight is 343 g/mol. The number of primary amides is 1. The zero-order valence-corrected chi connectivity index (χ0v) is 14.5. The van der Waals surface area contributed by atoms with E-state index in [2.05, 4.69) is 16.7 Å². The zero-order valence-electron chi connectivity index (χ0n) is 14.5. The summed E-state index contributed by atoms with van der Waals surface area (Å²) in [5.41, 5.74) is 9.20. The van der Waals surface area contributed by atoms with Crippen LogP contribution in [0, 0.1) is 6.07 Å². The molecule has 26 heavy (non-hydrogen) atoms. The summed E-state index contributed by atoms with van der Waals surface area (Å²) in [5.74, 6) is 0.442. The minimum Gasteiger partial charge on any atom is -0.494 e. The maximum absolute atomic E-state index is 11.9. The molecule has 0 spiro atoms. The fraction of sp³-hybridized carbons (Fsp3) is 0.136. The van der Waals surface area contributed by atoms with E-state index >= 15 is 0 Å². The van der Waals surface area contributed by atoms with Gasteiger partial charge in [0.1, 0.15) is 5.75 Å². The average Bonchev–Trinajstić information content (AvgIpc) is 2.98. The third-order valence-corrected chi connectivity index (χ3v) is 4.57. The molecule has 1 heterocycles. The van der Waals surface area contributed by atoms with Crippen molar-refractivity contribution in [1.82, 2.24) is 4.57 Å². The van der Waals surface area contributed by atoms with Crippen molar-refractivity contribution < 1.29 is 9.53 Å². The fourth-order valence-corrected chi connectivity index (χ4v) is 3.49. The lowest BCUT2D eigenvalue weighted by Gasteiger charge is -2.13. The Bertz CT molecular complexity index is 1110. The Labute approximate surface area is 151 Å². The molecule has 0 aliphatic carbocycles. The van der Waals surface area contributed by atoms with Gasteiger partial charge in [0.2, 0.25) is 5.91 Å². The van der Waals surface area contributed by atoms with Crippen LogP contribution in [-0.2, 0) is 6.54 Å². The van der Waals surface area contributed by atoms with Crippen LogP contribution in [0.5, 0.6) is 5.75 Å². The number of nitrogens with two attached hydrogens (primary N) is 1. The molecule has 0 atom stereocenters. The molecular weight excluding hydrogens is 324 g/mol. The van der Waals surface area contributed by atoms with Gasteiger partial charge in [-0.1, -0.05) is 36.4 Å². The molecule has 1 amide bonds. The smallest absolute Gasteiger partial charge is 0.249 e. The number of ether oxygens (including phenoxy) is 1. The summed E-state index contributed by atoms with van der Waals surface area (Å²) in [6.07, 6.45) is 0. The van der Waals surface area contributed by atoms with Crippen molar-refractivity contribution in [2.24, 2.45) is 5.73 Å². The molecule has 4 heteroatoms. The van der Waals surface area contributed by atoms with Crippen molar-refractivity contribution >= 4 is 27.7 Å². The number of amides is 1. The highest BCUT2D eigenvalue weighted by atomic mass is 16.5. The van der Waals surface area contributed by atoms with Gasteiger partial charge in [-0.05, 0) is 37.3 Å². The quantitative estimate of drug-likeness (QED) is 0.592. The van der Waals surface area contributed by atoms with Gasteiger partial charge in [-0.15, -0.1) is 0 Å². The van der Waals surface area contributed by atoms with Crippen molar-refractivity contribution in [2.45, 2.75) is 13.5 Å². The normalized spacial score (nSPS) is 11.1. The van der Waals surface area contributed by atoms with Crippen LogP contribution in [0.1, 0.15) is 22.8 Å². The summed E-state index contributed by atoms with van der Waals surface area (Å²) in [6, 6.07) is 22.8. The highest BCUT2D eigenvalue weighted by Gasteiger charge is 2.17. The first-order chi connectivity index (χ1) is 12.7. The second-order valence-electron chi connectivity index (χ2n) is 6.12. The van der Waals surface area contributed by atoms with Crippen molar-refractivity contribution in [2.75, 3.05) is 6.61 Å². The van der Waals surface area contributed by atoms with E-state index in [-0.39, 0.29) is 0 Å². The number of aromatic nitrogens is 1. The summed E-state index contributed by atoms with van der Waals surface area (Å²) in [7, 11) is 0. The number of nitrogens with zero attached hydrogens (tertiary/aromatic N) is 1. The van der Waals surface area contributed by atoms with E-state index in [1.54, 1.807) is 6.07 Å². The van der Waals surface area contributed by atoms with Gasteiger partial charge in [-0.2, -0.15) is 0 Å². The van der Waals surface area contributed by atoms with Gasteiger partial charge in [-0.25, -0.2) is 0 Å². The standard InChI is InChI=1S/C22H19N2O2/c1-2-26-20-13-6-3-8-15(20)14-24-18-11-5-4-9-16(18)21-17(22(23)25)10-7-12-19(21)24/h3-8,10-13H,2,14H2,1H3,(H2,23,25). The van der Waals surface area contributed by atoms with Crippen molar-refractivity contribution in [1.29, 1.82) is 0 Å². The van der Waals surface area contributed by atoms with Crippen LogP contribution >= 0.6 is 0 Å². The predicted octanol–water partition coefficient (Wildman–Crippen LogP) is 4.14. The van der Waals surface area contributed by atoms with E-state index in [1.807, 2.05) is 55.5 Å². The molecule has 2 N–H and O–H groups in total. The van der Waals surface area contributed by atoms with Crippen LogP contribution in [0.3, 0.4) is 0 Å². The van der Waals surface area contributed by atoms with Crippen LogP contribution in [0.2, 0.25) is 0 Å². The predicted molar refractivity (Wildman–Crippen MR) is 104 cm³/mol. The lowest BCUT2D eigenvalue weighted by Crippen LogP contribution is -2.11. The largest absolute Gasteiger partial charge is 0.494 e. The highest BCUT2D eigenvalue weighted by Crippen LogP contribution is 2.33. The molecule has 0 saturated carbocycles. The Balaban J connectivity index is 1.98. The highest BCUT2D eigenvalue weighted by molar-refractivity contribution is 6.17. The van der Waals surface area contributed by atoms with Gasteiger partial charge in [0.15, 0.2) is 0 Å². The third kappa shape index (κ3) is 2.60. The van der Waals surface area contributed by atoms with Crippen molar-refractivity contribution in [3.63, 3.8) is 0 Å². The Morgan fingerprint density at radius 3 is 2.69 bits per heavy atom. The molecule has 4 nitrogen and oxygen atoms in total. The SMILES string of the molecule is CCOc1ccccc1Cn1c2ccc[c]c2c2c(C(N)=O)cccc21. The first-order valence-electron chi connectivity index (χ1n) is 8.63. The second-order valence-corrected chi connectivity index (χ2v) is 6.12. The van der Waals surface area contributed by atoms with Gasteiger partial charge >= 0.3 is 0 Å². The zero-order chi connectivity index (χ0) is 18.1. The van der Waals surface area contributed by atoms with Crippen LogP contribution in [0.25, 0.3) is 21.8 Å². The molecule has 1 aromatic heterocycles. The van der Waals surface area contributed by atoms with E-state index in [0.29, 0.717) is 18.7 Å². The molecule has 0 fully saturated rings. The Hall–Kier alpha value is -3.27. The Morgan fingerprint density at radius 1 is 1.08 bits per heavy atom. The van der Waals surface area contributed by atoms with Crippen LogP contribution in [0.15, 0.2) is 60.7 Å². The number of hydrogen-bond acceptors (Lipinski definition) is 2. The van der Waals surface area contributed by atoms with Crippen LogP contribution in [-0.4, -0.2) is 17.1 Å². The van der Waals surface area contributed by atoms with Crippen LogP contribution < -0.4 is 10.5 Å². The first kappa shape index (κ1) is 16.2. The molecule has 129 valence electrons. The number of rotatable bonds is 5. The topological polar surface area (TPSA) is 57.2 Å². The van der Waals surface area contributed by atoms with E-state index in [1.165, 1.54) is 0 Å². The van der Waals surface area contributed by atoms with Gasteiger partial charge in [0, 0.05) is 21.9 Å². The summed E-state index contributed by atoms with van der Waals surface area (Å²) in [4.78, 5) is 11.9. The molecule has 0 aliphatic heterocycles. The van der Waals surface area contributed by atoms with Crippen molar-refractivity contribution in [3.8, 4) is 5.75 Å². The van der Waals surface area contributed by atoms with Gasteiger partial charge < -0.3 is 15.0 Å². The minimum absolute atomic E-state index is 0.429. The number of fused-ring (bicyclic) bond motifs is 3. The third-order valence-electron chi connectivity index (χ3n) is 4.57. The number of carbonyl (C=O) groups excluding carboxylic acids is 1. The molecule has 0 saturated heterocycles. The molecule has 4 aromatic rings. The summed E-state index contributed by atoms with van der Waals surface area (Å²) >= 11 is 0. The first-order valence-corrected chi connectivity index (χ1v) is 8.63. The second kappa shape index (κ2) is 6.56. The number of carbonyl (C=O) groups is 1. The number of para-hydroxylation sites is 1. The van der Waals surface area contributed by atoms with Gasteiger partial charge in [0.25, 0.3) is 0 Å². The molecule has 0 unspecified atom stereocenters. The summed E-state index contributed by atoms with van der Waals surface area (Å²) < 4.78 is 7.96. The van der Waals surface area contributed by atoms with Gasteiger partial charge in [-0.3, -0.25) is 4.79 Å². The monoisotopic (exact) mass is 343 g/mol. The fourth-order valence-electron chi connectivity index (χ4n) is 3.49. The molecule has 1 radical (unpaired) electrons. The van der Waals surface area contributed by atoms with E-state index < -0.39 is 5.91 Å². The molecule has 0 aliphatic rings. The van der Waals surface area contributed by atoms with Crippen LogP contribution in [0.4, 0.5) is 0 Å². The van der Waals surface area contributed by atoms with E-state index in [0.717, 1.165) is 33.1 Å². The number of hydrogen-bond donors (Lipinski definition) is 1. The van der Waals surface area contributed by atoms with Gasteiger partial charge in [0.05, 0.1) is 24.2 Å². The maximum atomic E-state index is 11.9. The summed E-state index contributed by atoms with van der Waals surface area (Å²) in [6.45, 7) is 3.23. The lowest BCUT2D eigenvalue weighted by atomic mass is 10.1. The lowest BCUT2D eigenvalue weighted by molar-refractivity contribution is 0.100. The Kier molecular flexibility index (Phi) is 4.09. The molecule has 4 rings (SSSR count). The minimum atomic E-state index is -0.429. The molecule has 0 bridgehead atoms. The van der Waals surface area contributed by atoms with Crippen molar-refractivity contribution in [3.05, 3.63) is 77.9 Å². The molecular formula is C22H19N2O2. The Morgan fingerprint density at radius 2 is 1.88 bits per heavy atom. The number of benzene rings is 3.